The summed E-state index contributed by atoms with van der Waals surface area (Å²) in [6.45, 7) is 1.81. The second-order valence-electron chi connectivity index (χ2n) is 6.72. The van der Waals surface area contributed by atoms with Crippen LogP contribution in [0.2, 0.25) is 0 Å². The smallest absolute Gasteiger partial charge is 0.295 e. The monoisotopic (exact) mass is 415 g/mol. The standard InChI is InChI=1S/C15H15F2N5O3S2/c1-15(5-6-15)20-27(24,25)8-3-4-9-10(7-8)22(14(23)21(9)2)13-19-18-12(26-13)11(16)17/h3-4,7,11,20H,5-6H2,1-2H3. The minimum absolute atomic E-state index is 0.0129. The van der Waals surface area contributed by atoms with Crippen LogP contribution in [0.3, 0.4) is 0 Å². The quantitative estimate of drug-likeness (QED) is 0.687. The molecule has 144 valence electrons. The number of imidazole rings is 1. The summed E-state index contributed by atoms with van der Waals surface area (Å²) in [6, 6.07) is 4.26. The molecule has 0 saturated heterocycles. The normalized spacial score (nSPS) is 16.3. The highest BCUT2D eigenvalue weighted by atomic mass is 32.2. The number of fused-ring (bicyclic) bond motifs is 1. The van der Waals surface area contributed by atoms with E-state index in [2.05, 4.69) is 14.9 Å². The van der Waals surface area contributed by atoms with Crippen LogP contribution in [0.4, 0.5) is 8.78 Å². The summed E-state index contributed by atoms with van der Waals surface area (Å²) in [4.78, 5) is 12.6. The van der Waals surface area contributed by atoms with Gasteiger partial charge in [-0.15, -0.1) is 10.2 Å². The summed E-state index contributed by atoms with van der Waals surface area (Å²) in [5.41, 5.74) is -0.275. The van der Waals surface area contributed by atoms with Crippen LogP contribution in [-0.2, 0) is 17.1 Å². The molecule has 27 heavy (non-hydrogen) atoms. The van der Waals surface area contributed by atoms with Crippen molar-refractivity contribution in [2.75, 3.05) is 0 Å². The van der Waals surface area contributed by atoms with E-state index in [4.69, 9.17) is 0 Å². The molecule has 0 atom stereocenters. The molecule has 8 nitrogen and oxygen atoms in total. The summed E-state index contributed by atoms with van der Waals surface area (Å²) >= 11 is 0.582. The largest absolute Gasteiger partial charge is 0.335 e. The van der Waals surface area contributed by atoms with E-state index in [-0.39, 0.29) is 15.5 Å². The van der Waals surface area contributed by atoms with E-state index in [0.717, 1.165) is 17.4 Å². The van der Waals surface area contributed by atoms with Crippen molar-refractivity contribution in [3.05, 3.63) is 33.7 Å². The lowest BCUT2D eigenvalue weighted by atomic mass is 10.3. The highest BCUT2D eigenvalue weighted by molar-refractivity contribution is 7.89. The number of aryl methyl sites for hydroxylation is 1. The number of alkyl halides is 2. The number of nitrogens with one attached hydrogen (secondary N) is 1. The molecule has 2 aromatic heterocycles. The SMILES string of the molecule is Cn1c(=O)n(-c2nnc(C(F)F)s2)c2cc(S(=O)(=O)NC3(C)CC3)ccc21. The van der Waals surface area contributed by atoms with E-state index in [1.165, 1.54) is 29.8 Å². The van der Waals surface area contributed by atoms with Gasteiger partial charge in [0.1, 0.15) is 0 Å². The Hall–Kier alpha value is -2.18. The Morgan fingerprint density at radius 3 is 2.56 bits per heavy atom. The highest BCUT2D eigenvalue weighted by Gasteiger charge is 2.41. The molecule has 0 radical (unpaired) electrons. The van der Waals surface area contributed by atoms with Crippen LogP contribution in [0.5, 0.6) is 0 Å². The van der Waals surface area contributed by atoms with E-state index >= 15 is 0 Å². The number of aromatic nitrogens is 4. The highest BCUT2D eigenvalue weighted by Crippen LogP contribution is 2.36. The molecule has 1 saturated carbocycles. The van der Waals surface area contributed by atoms with Crippen molar-refractivity contribution >= 4 is 32.4 Å². The molecule has 2 heterocycles. The van der Waals surface area contributed by atoms with Crippen molar-refractivity contribution in [3.8, 4) is 5.13 Å². The Kier molecular flexibility index (Phi) is 3.98. The first kappa shape index (κ1) is 18.2. The van der Waals surface area contributed by atoms with Crippen LogP contribution in [0.15, 0.2) is 27.9 Å². The molecule has 1 fully saturated rings. The van der Waals surface area contributed by atoms with E-state index < -0.39 is 32.7 Å². The van der Waals surface area contributed by atoms with Crippen molar-refractivity contribution in [2.24, 2.45) is 7.05 Å². The Bertz CT molecular complexity index is 1210. The fraction of sp³-hybridized carbons (Fsp3) is 0.400. The molecule has 0 aliphatic heterocycles. The molecule has 1 aromatic carbocycles. The lowest BCUT2D eigenvalue weighted by Crippen LogP contribution is -2.34. The van der Waals surface area contributed by atoms with Gasteiger partial charge in [0.25, 0.3) is 6.43 Å². The maximum atomic E-state index is 12.8. The zero-order chi connectivity index (χ0) is 19.6. The van der Waals surface area contributed by atoms with Gasteiger partial charge in [0, 0.05) is 12.6 Å². The van der Waals surface area contributed by atoms with Crippen LogP contribution >= 0.6 is 11.3 Å². The van der Waals surface area contributed by atoms with Crippen molar-refractivity contribution < 1.29 is 17.2 Å². The fourth-order valence-corrected chi connectivity index (χ4v) is 4.94. The molecule has 1 aliphatic rings. The molecule has 12 heteroatoms. The minimum atomic E-state index is -3.78. The number of halogens is 2. The Balaban J connectivity index is 1.88. The third kappa shape index (κ3) is 3.07. The summed E-state index contributed by atoms with van der Waals surface area (Å²) < 4.78 is 56.0. The van der Waals surface area contributed by atoms with Gasteiger partial charge < -0.3 is 0 Å². The predicted octanol–water partition coefficient (Wildman–Crippen LogP) is 1.95. The third-order valence-corrected chi connectivity index (χ3v) is 7.08. The van der Waals surface area contributed by atoms with Crippen LogP contribution in [0, 0.1) is 0 Å². The van der Waals surface area contributed by atoms with E-state index in [0.29, 0.717) is 16.9 Å². The molecule has 0 bridgehead atoms. The Morgan fingerprint density at radius 1 is 1.26 bits per heavy atom. The third-order valence-electron chi connectivity index (χ3n) is 4.53. The van der Waals surface area contributed by atoms with Crippen LogP contribution in [0.1, 0.15) is 31.2 Å². The minimum Gasteiger partial charge on any atom is -0.295 e. The number of hydrogen-bond donors (Lipinski definition) is 1. The van der Waals surface area contributed by atoms with Gasteiger partial charge in [0.05, 0.1) is 15.9 Å². The average Bonchev–Trinajstić information content (AvgIpc) is 3.04. The van der Waals surface area contributed by atoms with Gasteiger partial charge >= 0.3 is 5.69 Å². The first-order valence-electron chi connectivity index (χ1n) is 7.99. The number of benzene rings is 1. The van der Waals surface area contributed by atoms with Gasteiger partial charge in [-0.3, -0.25) is 4.57 Å². The first-order valence-corrected chi connectivity index (χ1v) is 10.3. The maximum Gasteiger partial charge on any atom is 0.335 e. The topological polar surface area (TPSA) is 98.9 Å². The summed E-state index contributed by atoms with van der Waals surface area (Å²) in [5.74, 6) is 0. The summed E-state index contributed by atoms with van der Waals surface area (Å²) in [7, 11) is -2.28. The van der Waals surface area contributed by atoms with Gasteiger partial charge in [-0.2, -0.15) is 0 Å². The molecule has 0 amide bonds. The molecule has 0 unspecified atom stereocenters. The molecule has 4 rings (SSSR count). The lowest BCUT2D eigenvalue weighted by Gasteiger charge is -2.12. The second kappa shape index (κ2) is 5.91. The molecule has 0 spiro atoms. The number of hydrogen-bond acceptors (Lipinski definition) is 6. The van der Waals surface area contributed by atoms with Gasteiger partial charge in [0.2, 0.25) is 15.2 Å². The fourth-order valence-electron chi connectivity index (χ4n) is 2.75. The predicted molar refractivity (Wildman–Crippen MR) is 94.9 cm³/mol. The average molecular weight is 415 g/mol. The van der Waals surface area contributed by atoms with Gasteiger partial charge in [0.15, 0.2) is 5.01 Å². The van der Waals surface area contributed by atoms with Crippen LogP contribution < -0.4 is 10.4 Å². The maximum absolute atomic E-state index is 12.8. The zero-order valence-corrected chi connectivity index (χ0v) is 15.9. The van der Waals surface area contributed by atoms with Crippen molar-refractivity contribution in [2.45, 2.75) is 36.6 Å². The Morgan fingerprint density at radius 2 is 1.96 bits per heavy atom. The summed E-state index contributed by atoms with van der Waals surface area (Å²) in [6.07, 6.45) is -1.29. The van der Waals surface area contributed by atoms with Gasteiger partial charge in [-0.05, 0) is 38.0 Å². The Labute approximate surface area is 156 Å². The zero-order valence-electron chi connectivity index (χ0n) is 14.3. The second-order valence-corrected chi connectivity index (χ2v) is 9.39. The molecule has 1 aliphatic carbocycles. The number of sulfonamides is 1. The van der Waals surface area contributed by atoms with Crippen LogP contribution in [0.25, 0.3) is 16.2 Å². The number of nitrogens with zero attached hydrogens (tertiary/aromatic N) is 4. The lowest BCUT2D eigenvalue weighted by molar-refractivity contribution is 0.150. The van der Waals surface area contributed by atoms with Crippen molar-refractivity contribution in [1.82, 2.24) is 24.1 Å². The van der Waals surface area contributed by atoms with Crippen LogP contribution in [-0.4, -0.2) is 33.3 Å². The summed E-state index contributed by atoms with van der Waals surface area (Å²) in [5, 5.41) is 6.51. The molecular formula is C15H15F2N5O3S2. The van der Waals surface area contributed by atoms with Crippen molar-refractivity contribution in [3.63, 3.8) is 0 Å². The van der Waals surface area contributed by atoms with Gasteiger partial charge in [-0.25, -0.2) is 31.3 Å². The van der Waals surface area contributed by atoms with Gasteiger partial charge in [-0.1, -0.05) is 11.3 Å². The van der Waals surface area contributed by atoms with E-state index in [1.807, 2.05) is 6.92 Å². The molecular weight excluding hydrogens is 400 g/mol. The van der Waals surface area contributed by atoms with Crippen molar-refractivity contribution in [1.29, 1.82) is 0 Å². The van der Waals surface area contributed by atoms with E-state index in [9.17, 15) is 22.0 Å². The molecule has 1 N–H and O–H groups in total. The first-order chi connectivity index (χ1) is 12.6. The van der Waals surface area contributed by atoms with E-state index in [1.54, 1.807) is 0 Å². The molecule has 3 aromatic rings. The number of rotatable bonds is 5.